The van der Waals surface area contributed by atoms with Crippen LogP contribution in [-0.4, -0.2) is 21.5 Å². The molecule has 0 unspecified atom stereocenters. The molecule has 1 heterocycles. The monoisotopic (exact) mass is 279 g/mol. The molecular weight excluding hydrogens is 269 g/mol. The standard InChI is InChI=1S/C12H10FN3O4/c1-2-19-11-5-9(3-4-10(11)16(17)18)20-12-14-6-8(13)7-15-12/h3-7H,2H2,1H3. The molecule has 0 fully saturated rings. The lowest BCUT2D eigenvalue weighted by molar-refractivity contribution is -0.385. The zero-order valence-electron chi connectivity index (χ0n) is 10.4. The van der Waals surface area contributed by atoms with E-state index in [9.17, 15) is 14.5 Å². The van der Waals surface area contributed by atoms with E-state index in [1.165, 1.54) is 18.2 Å². The van der Waals surface area contributed by atoms with Crippen LogP contribution in [0.1, 0.15) is 6.92 Å². The number of hydrogen-bond donors (Lipinski definition) is 0. The van der Waals surface area contributed by atoms with Crippen LogP contribution in [0.2, 0.25) is 0 Å². The second kappa shape index (κ2) is 5.91. The first-order valence-electron chi connectivity index (χ1n) is 5.66. The summed E-state index contributed by atoms with van der Waals surface area (Å²) < 4.78 is 23.1. The summed E-state index contributed by atoms with van der Waals surface area (Å²) in [7, 11) is 0. The molecule has 0 aliphatic carbocycles. The Balaban J connectivity index is 2.26. The van der Waals surface area contributed by atoms with Crippen molar-refractivity contribution in [1.82, 2.24) is 9.97 Å². The van der Waals surface area contributed by atoms with Crippen molar-refractivity contribution in [1.29, 1.82) is 0 Å². The molecule has 1 aromatic heterocycles. The number of ether oxygens (including phenoxy) is 2. The van der Waals surface area contributed by atoms with Crippen LogP contribution < -0.4 is 9.47 Å². The molecule has 0 atom stereocenters. The third-order valence-electron chi connectivity index (χ3n) is 2.23. The normalized spacial score (nSPS) is 10.1. The molecule has 1 aromatic carbocycles. The van der Waals surface area contributed by atoms with Gasteiger partial charge in [-0.2, -0.15) is 0 Å². The van der Waals surface area contributed by atoms with E-state index < -0.39 is 10.7 Å². The third kappa shape index (κ3) is 3.16. The van der Waals surface area contributed by atoms with Crippen molar-refractivity contribution in [3.8, 4) is 17.5 Å². The number of aromatic nitrogens is 2. The van der Waals surface area contributed by atoms with Gasteiger partial charge in [0.1, 0.15) is 5.75 Å². The van der Waals surface area contributed by atoms with E-state index in [1.807, 2.05) is 0 Å². The van der Waals surface area contributed by atoms with E-state index in [-0.39, 0.29) is 29.8 Å². The number of halogens is 1. The Kier molecular flexibility index (Phi) is 4.04. The number of rotatable bonds is 5. The van der Waals surface area contributed by atoms with Gasteiger partial charge in [0.05, 0.1) is 23.9 Å². The van der Waals surface area contributed by atoms with Crippen molar-refractivity contribution in [2.24, 2.45) is 0 Å². The molecule has 0 aliphatic rings. The van der Waals surface area contributed by atoms with Crippen LogP contribution in [0.5, 0.6) is 17.5 Å². The van der Waals surface area contributed by atoms with Crippen LogP contribution in [0.15, 0.2) is 30.6 Å². The molecule has 104 valence electrons. The number of benzene rings is 1. The fourth-order valence-electron chi connectivity index (χ4n) is 1.44. The highest BCUT2D eigenvalue weighted by Gasteiger charge is 2.16. The second-order valence-corrected chi connectivity index (χ2v) is 3.61. The Morgan fingerprint density at radius 2 is 2.05 bits per heavy atom. The van der Waals surface area contributed by atoms with Gasteiger partial charge in [-0.25, -0.2) is 14.4 Å². The average molecular weight is 279 g/mol. The lowest BCUT2D eigenvalue weighted by Gasteiger charge is -2.07. The predicted octanol–water partition coefficient (Wildman–Crippen LogP) is 2.71. The van der Waals surface area contributed by atoms with Gasteiger partial charge in [-0.05, 0) is 13.0 Å². The minimum Gasteiger partial charge on any atom is -0.487 e. The molecule has 0 aliphatic heterocycles. The van der Waals surface area contributed by atoms with Crippen molar-refractivity contribution in [2.75, 3.05) is 6.61 Å². The van der Waals surface area contributed by atoms with E-state index >= 15 is 0 Å². The predicted molar refractivity (Wildman–Crippen MR) is 66.3 cm³/mol. The van der Waals surface area contributed by atoms with E-state index in [2.05, 4.69) is 9.97 Å². The van der Waals surface area contributed by atoms with Gasteiger partial charge in [0, 0.05) is 12.1 Å². The first-order valence-corrected chi connectivity index (χ1v) is 5.66. The fourth-order valence-corrected chi connectivity index (χ4v) is 1.44. The molecule has 0 radical (unpaired) electrons. The summed E-state index contributed by atoms with van der Waals surface area (Å²) in [5, 5.41) is 10.8. The van der Waals surface area contributed by atoms with Crippen LogP contribution >= 0.6 is 0 Å². The highest BCUT2D eigenvalue weighted by atomic mass is 19.1. The maximum absolute atomic E-state index is 12.7. The topological polar surface area (TPSA) is 87.4 Å². The summed E-state index contributed by atoms with van der Waals surface area (Å²) in [6.45, 7) is 1.98. The Labute approximate surface area is 113 Å². The SMILES string of the molecule is CCOc1cc(Oc2ncc(F)cn2)ccc1[N+](=O)[O-]. The van der Waals surface area contributed by atoms with Crippen LogP contribution in [-0.2, 0) is 0 Å². The lowest BCUT2D eigenvalue weighted by atomic mass is 10.3. The Bertz CT molecular complexity index is 619. The van der Waals surface area contributed by atoms with E-state index in [4.69, 9.17) is 9.47 Å². The highest BCUT2D eigenvalue weighted by Crippen LogP contribution is 2.32. The van der Waals surface area contributed by atoms with E-state index in [0.29, 0.717) is 0 Å². The number of nitrogens with zero attached hydrogens (tertiary/aromatic N) is 3. The number of hydrogen-bond acceptors (Lipinski definition) is 6. The van der Waals surface area contributed by atoms with Gasteiger partial charge in [-0.3, -0.25) is 10.1 Å². The van der Waals surface area contributed by atoms with Crippen LogP contribution in [0, 0.1) is 15.9 Å². The van der Waals surface area contributed by atoms with Gasteiger partial charge in [0.15, 0.2) is 5.82 Å². The maximum atomic E-state index is 12.7. The maximum Gasteiger partial charge on any atom is 0.322 e. The molecule has 2 aromatic rings. The molecule has 0 N–H and O–H groups in total. The van der Waals surface area contributed by atoms with Gasteiger partial charge in [-0.1, -0.05) is 0 Å². The summed E-state index contributed by atoms with van der Waals surface area (Å²) in [6, 6.07) is 3.92. The van der Waals surface area contributed by atoms with Gasteiger partial charge < -0.3 is 9.47 Å². The van der Waals surface area contributed by atoms with Gasteiger partial charge >= 0.3 is 11.7 Å². The van der Waals surface area contributed by atoms with Crippen LogP contribution in [0.3, 0.4) is 0 Å². The molecule has 0 bridgehead atoms. The second-order valence-electron chi connectivity index (χ2n) is 3.61. The summed E-state index contributed by atoms with van der Waals surface area (Å²) in [5.41, 5.74) is -0.167. The minimum atomic E-state index is -0.587. The third-order valence-corrected chi connectivity index (χ3v) is 2.23. The first-order chi connectivity index (χ1) is 9.60. The highest BCUT2D eigenvalue weighted by molar-refractivity contribution is 5.51. The van der Waals surface area contributed by atoms with Crippen LogP contribution in [0.25, 0.3) is 0 Å². The van der Waals surface area contributed by atoms with Gasteiger partial charge in [0.2, 0.25) is 5.75 Å². The average Bonchev–Trinajstić information content (AvgIpc) is 2.42. The van der Waals surface area contributed by atoms with E-state index in [1.54, 1.807) is 6.92 Å². The first kappa shape index (κ1) is 13.7. The molecule has 0 amide bonds. The minimum absolute atomic E-state index is 0.0669. The van der Waals surface area contributed by atoms with Crippen molar-refractivity contribution in [3.63, 3.8) is 0 Å². The Morgan fingerprint density at radius 3 is 2.65 bits per heavy atom. The Hall–Kier alpha value is -2.77. The summed E-state index contributed by atoms with van der Waals surface area (Å²) >= 11 is 0. The molecule has 0 saturated carbocycles. The van der Waals surface area contributed by atoms with E-state index in [0.717, 1.165) is 12.4 Å². The molecule has 8 heteroatoms. The molecule has 0 spiro atoms. The summed E-state index contributed by atoms with van der Waals surface area (Å²) in [6.07, 6.45) is 1.91. The van der Waals surface area contributed by atoms with Gasteiger partial charge in [0.25, 0.3) is 0 Å². The van der Waals surface area contributed by atoms with Crippen molar-refractivity contribution >= 4 is 5.69 Å². The largest absolute Gasteiger partial charge is 0.487 e. The zero-order valence-corrected chi connectivity index (χ0v) is 10.4. The van der Waals surface area contributed by atoms with Crippen molar-refractivity contribution in [2.45, 2.75) is 6.92 Å². The van der Waals surface area contributed by atoms with Crippen molar-refractivity contribution < 1.29 is 18.8 Å². The smallest absolute Gasteiger partial charge is 0.322 e. The quantitative estimate of drug-likeness (QED) is 0.617. The number of nitro groups is 1. The molecule has 0 saturated heterocycles. The number of nitro benzene ring substituents is 1. The lowest BCUT2D eigenvalue weighted by Crippen LogP contribution is -1.98. The van der Waals surface area contributed by atoms with Gasteiger partial charge in [-0.15, -0.1) is 0 Å². The molecule has 20 heavy (non-hydrogen) atoms. The molecular formula is C12H10FN3O4. The van der Waals surface area contributed by atoms with Crippen molar-refractivity contribution in [3.05, 3.63) is 46.5 Å². The molecule has 2 rings (SSSR count). The summed E-state index contributed by atoms with van der Waals surface area (Å²) in [4.78, 5) is 17.5. The Morgan fingerprint density at radius 1 is 1.35 bits per heavy atom. The fraction of sp³-hybridized carbons (Fsp3) is 0.167. The van der Waals surface area contributed by atoms with Crippen LogP contribution in [0.4, 0.5) is 10.1 Å². The molecule has 7 nitrogen and oxygen atoms in total. The zero-order chi connectivity index (χ0) is 14.5. The summed E-state index contributed by atoms with van der Waals surface area (Å²) in [5.74, 6) is -0.251.